The van der Waals surface area contributed by atoms with Crippen molar-refractivity contribution in [2.45, 2.75) is 6.92 Å². The number of rotatable bonds is 2. The number of hydrogen-bond donors (Lipinski definition) is 2. The first-order valence-corrected chi connectivity index (χ1v) is 5.55. The highest BCUT2D eigenvalue weighted by Crippen LogP contribution is 2.32. The SMILES string of the molecule is Cc1cc(Cl)c(NC(=O)CN)c2cccnc12. The lowest BCUT2D eigenvalue weighted by molar-refractivity contribution is -0.114. The number of aromatic nitrogens is 1. The van der Waals surface area contributed by atoms with E-state index >= 15 is 0 Å². The van der Waals surface area contributed by atoms with Gasteiger partial charge < -0.3 is 11.1 Å². The Kier molecular flexibility index (Phi) is 3.26. The van der Waals surface area contributed by atoms with Crippen molar-refractivity contribution in [3.63, 3.8) is 0 Å². The van der Waals surface area contributed by atoms with Crippen LogP contribution in [-0.4, -0.2) is 17.4 Å². The molecule has 1 aromatic heterocycles. The Bertz CT molecular complexity index is 583. The molecule has 0 aliphatic rings. The van der Waals surface area contributed by atoms with Gasteiger partial charge in [0.1, 0.15) is 0 Å². The normalized spacial score (nSPS) is 10.5. The number of carbonyl (C=O) groups excluding carboxylic acids is 1. The van der Waals surface area contributed by atoms with Gasteiger partial charge in [0.05, 0.1) is 22.8 Å². The van der Waals surface area contributed by atoms with E-state index in [4.69, 9.17) is 17.3 Å². The minimum absolute atomic E-state index is 0.0774. The molecule has 0 bridgehead atoms. The third-order valence-corrected chi connectivity index (χ3v) is 2.78. The zero-order valence-electron chi connectivity index (χ0n) is 9.33. The van der Waals surface area contributed by atoms with Gasteiger partial charge in [-0.1, -0.05) is 11.6 Å². The second-order valence-electron chi connectivity index (χ2n) is 3.70. The molecule has 4 nitrogen and oxygen atoms in total. The van der Waals surface area contributed by atoms with Crippen molar-refractivity contribution in [3.8, 4) is 0 Å². The van der Waals surface area contributed by atoms with Crippen molar-refractivity contribution in [1.29, 1.82) is 0 Å². The van der Waals surface area contributed by atoms with Crippen LogP contribution in [0.25, 0.3) is 10.9 Å². The van der Waals surface area contributed by atoms with Crippen LogP contribution in [0.4, 0.5) is 5.69 Å². The number of aryl methyl sites for hydroxylation is 1. The topological polar surface area (TPSA) is 68.0 Å². The highest BCUT2D eigenvalue weighted by atomic mass is 35.5. The first-order chi connectivity index (χ1) is 8.13. The van der Waals surface area contributed by atoms with Gasteiger partial charge in [-0.25, -0.2) is 0 Å². The number of amides is 1. The molecule has 0 aliphatic heterocycles. The molecule has 2 aromatic rings. The number of halogens is 1. The van der Waals surface area contributed by atoms with Crippen LogP contribution in [0.5, 0.6) is 0 Å². The zero-order chi connectivity index (χ0) is 12.4. The molecule has 1 heterocycles. The lowest BCUT2D eigenvalue weighted by Crippen LogP contribution is -2.22. The maximum absolute atomic E-state index is 11.3. The van der Waals surface area contributed by atoms with Crippen LogP contribution in [0, 0.1) is 6.92 Å². The van der Waals surface area contributed by atoms with Gasteiger partial charge >= 0.3 is 0 Å². The van der Waals surface area contributed by atoms with Crippen LogP contribution in [0.2, 0.25) is 5.02 Å². The molecule has 0 atom stereocenters. The van der Waals surface area contributed by atoms with Crippen LogP contribution < -0.4 is 11.1 Å². The molecule has 1 amide bonds. The Morgan fingerprint density at radius 3 is 3.06 bits per heavy atom. The minimum atomic E-state index is -0.277. The molecule has 5 heteroatoms. The first kappa shape index (κ1) is 11.8. The second-order valence-corrected chi connectivity index (χ2v) is 4.11. The van der Waals surface area contributed by atoms with Crippen LogP contribution in [0.1, 0.15) is 5.56 Å². The summed E-state index contributed by atoms with van der Waals surface area (Å²) in [7, 11) is 0. The molecular weight excluding hydrogens is 238 g/mol. The predicted octanol–water partition coefficient (Wildman–Crippen LogP) is 2.09. The Hall–Kier alpha value is -1.65. The van der Waals surface area contributed by atoms with Gasteiger partial charge in [0.25, 0.3) is 0 Å². The number of carbonyl (C=O) groups is 1. The average molecular weight is 250 g/mol. The van der Waals surface area contributed by atoms with Gasteiger partial charge in [-0.2, -0.15) is 0 Å². The molecule has 1 aromatic carbocycles. The molecule has 0 aliphatic carbocycles. The molecule has 3 N–H and O–H groups in total. The lowest BCUT2D eigenvalue weighted by atomic mass is 10.1. The quantitative estimate of drug-likeness (QED) is 0.856. The number of fused-ring (bicyclic) bond motifs is 1. The van der Waals surface area contributed by atoms with E-state index in [9.17, 15) is 4.79 Å². The molecule has 0 saturated heterocycles. The molecule has 0 spiro atoms. The van der Waals surface area contributed by atoms with E-state index in [1.807, 2.05) is 13.0 Å². The van der Waals surface area contributed by atoms with Gasteiger partial charge in [0.15, 0.2) is 0 Å². The van der Waals surface area contributed by atoms with Gasteiger partial charge in [-0.15, -0.1) is 0 Å². The number of benzene rings is 1. The second kappa shape index (κ2) is 4.69. The smallest absolute Gasteiger partial charge is 0.238 e. The maximum Gasteiger partial charge on any atom is 0.238 e. The summed E-state index contributed by atoms with van der Waals surface area (Å²) < 4.78 is 0. The first-order valence-electron chi connectivity index (χ1n) is 5.17. The summed E-state index contributed by atoms with van der Waals surface area (Å²) in [6.07, 6.45) is 1.71. The van der Waals surface area contributed by atoms with Gasteiger partial charge in [-0.05, 0) is 30.7 Å². The Balaban J connectivity index is 2.65. The Labute approximate surface area is 104 Å². The Morgan fingerprint density at radius 1 is 1.59 bits per heavy atom. The van der Waals surface area contributed by atoms with Crippen molar-refractivity contribution >= 4 is 34.1 Å². The van der Waals surface area contributed by atoms with E-state index in [2.05, 4.69) is 10.3 Å². The molecule has 2 rings (SSSR count). The van der Waals surface area contributed by atoms with Gasteiger partial charge in [0.2, 0.25) is 5.91 Å². The molecule has 17 heavy (non-hydrogen) atoms. The third kappa shape index (κ3) is 2.23. The number of nitrogens with one attached hydrogen (secondary N) is 1. The van der Waals surface area contributed by atoms with Crippen LogP contribution >= 0.6 is 11.6 Å². The largest absolute Gasteiger partial charge is 0.323 e. The number of nitrogens with two attached hydrogens (primary N) is 1. The summed E-state index contributed by atoms with van der Waals surface area (Å²) in [5, 5.41) is 4.00. The molecule has 0 unspecified atom stereocenters. The molecule has 0 saturated carbocycles. The summed E-state index contributed by atoms with van der Waals surface area (Å²) in [6, 6.07) is 5.45. The van der Waals surface area contributed by atoms with Gasteiger partial charge in [-0.3, -0.25) is 9.78 Å². The van der Waals surface area contributed by atoms with E-state index in [0.717, 1.165) is 16.5 Å². The lowest BCUT2D eigenvalue weighted by Gasteiger charge is -2.11. The van der Waals surface area contributed by atoms with E-state index in [0.29, 0.717) is 10.7 Å². The molecule has 0 radical (unpaired) electrons. The summed E-state index contributed by atoms with van der Waals surface area (Å²) in [5.74, 6) is -0.277. The van der Waals surface area contributed by atoms with E-state index < -0.39 is 0 Å². The van der Waals surface area contributed by atoms with Crippen molar-refractivity contribution in [3.05, 3.63) is 35.0 Å². The number of hydrogen-bond acceptors (Lipinski definition) is 3. The van der Waals surface area contributed by atoms with Crippen molar-refractivity contribution in [2.75, 3.05) is 11.9 Å². The van der Waals surface area contributed by atoms with E-state index in [1.54, 1.807) is 18.3 Å². The monoisotopic (exact) mass is 249 g/mol. The fourth-order valence-electron chi connectivity index (χ4n) is 1.70. The molecule has 0 fully saturated rings. The van der Waals surface area contributed by atoms with Crippen LogP contribution in [0.3, 0.4) is 0 Å². The predicted molar refractivity (Wildman–Crippen MR) is 69.2 cm³/mol. The Morgan fingerprint density at radius 2 is 2.35 bits per heavy atom. The summed E-state index contributed by atoms with van der Waals surface area (Å²) in [5.41, 5.74) is 7.63. The van der Waals surface area contributed by atoms with Crippen molar-refractivity contribution in [1.82, 2.24) is 4.98 Å². The van der Waals surface area contributed by atoms with E-state index in [1.165, 1.54) is 0 Å². The van der Waals surface area contributed by atoms with E-state index in [-0.39, 0.29) is 12.5 Å². The van der Waals surface area contributed by atoms with Crippen molar-refractivity contribution in [2.24, 2.45) is 5.73 Å². The van der Waals surface area contributed by atoms with Crippen molar-refractivity contribution < 1.29 is 4.79 Å². The minimum Gasteiger partial charge on any atom is -0.323 e. The number of anilines is 1. The average Bonchev–Trinajstić information content (AvgIpc) is 2.34. The van der Waals surface area contributed by atoms with Crippen LogP contribution in [-0.2, 0) is 4.79 Å². The maximum atomic E-state index is 11.3. The number of nitrogens with zero attached hydrogens (tertiary/aromatic N) is 1. The molecular formula is C12H12ClN3O. The highest BCUT2D eigenvalue weighted by molar-refractivity contribution is 6.35. The standard InChI is InChI=1S/C12H12ClN3O/c1-7-5-9(13)12(16-10(17)6-14)8-3-2-4-15-11(7)8/h2-5H,6,14H2,1H3,(H,16,17). The third-order valence-electron chi connectivity index (χ3n) is 2.48. The van der Waals surface area contributed by atoms with Crippen LogP contribution in [0.15, 0.2) is 24.4 Å². The molecule has 88 valence electrons. The summed E-state index contributed by atoms with van der Waals surface area (Å²) >= 11 is 6.13. The summed E-state index contributed by atoms with van der Waals surface area (Å²) in [6.45, 7) is 1.85. The fraction of sp³-hybridized carbons (Fsp3) is 0.167. The zero-order valence-corrected chi connectivity index (χ0v) is 10.1. The highest BCUT2D eigenvalue weighted by Gasteiger charge is 2.11. The fourth-order valence-corrected chi connectivity index (χ4v) is 2.01. The van der Waals surface area contributed by atoms with Gasteiger partial charge in [0, 0.05) is 11.6 Å². The summed E-state index contributed by atoms with van der Waals surface area (Å²) in [4.78, 5) is 15.6. The number of pyridine rings is 1.